The second kappa shape index (κ2) is 12.0. The van der Waals surface area contributed by atoms with Crippen LogP contribution in [0.25, 0.3) is 0 Å². The number of fused-ring (bicyclic) bond motifs is 1. The van der Waals surface area contributed by atoms with Gasteiger partial charge in [0.05, 0.1) is 18.4 Å². The highest BCUT2D eigenvalue weighted by Gasteiger charge is 2.38. The van der Waals surface area contributed by atoms with Crippen LogP contribution in [0.1, 0.15) is 22.1 Å². The minimum atomic E-state index is -5.08. The summed E-state index contributed by atoms with van der Waals surface area (Å²) in [6.45, 7) is 3.25. The van der Waals surface area contributed by atoms with Crippen molar-refractivity contribution in [3.8, 4) is 0 Å². The lowest BCUT2D eigenvalue weighted by atomic mass is 10.4. The van der Waals surface area contributed by atoms with Crippen molar-refractivity contribution in [2.75, 3.05) is 13.1 Å². The first-order valence-corrected chi connectivity index (χ1v) is 9.24. The quantitative estimate of drug-likeness (QED) is 0.453. The molecule has 2 aromatic heterocycles. The molecule has 1 amide bonds. The van der Waals surface area contributed by atoms with Crippen LogP contribution < -0.4 is 10.6 Å². The molecule has 2 aromatic rings. The van der Waals surface area contributed by atoms with Crippen molar-refractivity contribution >= 4 is 17.8 Å². The maximum absolute atomic E-state index is 12.0. The van der Waals surface area contributed by atoms with Crippen LogP contribution in [-0.4, -0.2) is 72.6 Å². The molecule has 0 saturated carbocycles. The molecule has 0 radical (unpaired) electrons. The molecule has 11 nitrogen and oxygen atoms in total. The van der Waals surface area contributed by atoms with Crippen LogP contribution >= 0.6 is 0 Å². The smallest absolute Gasteiger partial charge is 0.475 e. The van der Waals surface area contributed by atoms with Gasteiger partial charge >= 0.3 is 24.3 Å². The fourth-order valence-electron chi connectivity index (χ4n) is 2.42. The van der Waals surface area contributed by atoms with Crippen LogP contribution in [0.2, 0.25) is 0 Å². The summed E-state index contributed by atoms with van der Waals surface area (Å²) in [5, 5.41) is 20.5. The van der Waals surface area contributed by atoms with Crippen LogP contribution in [-0.2, 0) is 36.1 Å². The molecule has 4 N–H and O–H groups in total. The number of aryl methyl sites for hydroxylation is 1. The molecule has 0 saturated heterocycles. The highest BCUT2D eigenvalue weighted by molar-refractivity contribution is 5.90. The number of hydrogen-bond acceptors (Lipinski definition) is 6. The SMILES string of the molecule is Cn1ccnc1C(=O)NCc1cnc2n1CCNCC2.O=C(O)C(F)(F)F.O=C(O)C(F)(F)F. The van der Waals surface area contributed by atoms with Gasteiger partial charge in [0.25, 0.3) is 5.91 Å². The number of imidazole rings is 2. The number of nitrogens with one attached hydrogen (secondary N) is 2. The first kappa shape index (κ1) is 28.4. The maximum atomic E-state index is 12.0. The van der Waals surface area contributed by atoms with E-state index < -0.39 is 24.3 Å². The predicted octanol–water partition coefficient (Wildman–Crippen LogP) is 0.959. The summed E-state index contributed by atoms with van der Waals surface area (Å²) in [7, 11) is 1.80. The molecule has 0 bridgehead atoms. The third kappa shape index (κ3) is 9.08. The Bertz CT molecular complexity index is 960. The van der Waals surface area contributed by atoms with Crippen LogP contribution in [0.15, 0.2) is 18.6 Å². The summed E-state index contributed by atoms with van der Waals surface area (Å²) in [5.74, 6) is -4.18. The zero-order chi connectivity index (χ0) is 26.1. The van der Waals surface area contributed by atoms with E-state index in [0.717, 1.165) is 37.6 Å². The summed E-state index contributed by atoms with van der Waals surface area (Å²) in [6.07, 6.45) is -4.02. The Kier molecular flexibility index (Phi) is 10.0. The summed E-state index contributed by atoms with van der Waals surface area (Å²) >= 11 is 0. The lowest BCUT2D eigenvalue weighted by Crippen LogP contribution is -2.27. The molecule has 3 heterocycles. The molecule has 190 valence electrons. The van der Waals surface area contributed by atoms with Gasteiger partial charge in [0.1, 0.15) is 5.82 Å². The van der Waals surface area contributed by atoms with Gasteiger partial charge in [-0.25, -0.2) is 19.6 Å². The van der Waals surface area contributed by atoms with Crippen molar-refractivity contribution in [2.45, 2.75) is 31.9 Å². The lowest BCUT2D eigenvalue weighted by Gasteiger charge is -2.09. The number of amides is 1. The van der Waals surface area contributed by atoms with Crippen molar-refractivity contribution in [1.29, 1.82) is 0 Å². The monoisotopic (exact) mass is 502 g/mol. The highest BCUT2D eigenvalue weighted by Crippen LogP contribution is 2.13. The number of carboxylic acids is 2. The molecule has 0 fully saturated rings. The molecule has 3 rings (SSSR count). The molecular weight excluding hydrogens is 482 g/mol. The van der Waals surface area contributed by atoms with E-state index in [2.05, 4.69) is 25.2 Å². The molecule has 0 aliphatic carbocycles. The standard InChI is InChI=1S/C13H18N6O.2C2HF3O2/c1-18-6-5-15-12(18)13(20)17-9-10-8-16-11-2-3-14-4-7-19(10)11;2*3-2(4,5)1(6)7/h5-6,8,14H,2-4,7,9H2,1H3,(H,17,20);2*(H,6,7). The number of aliphatic carboxylic acids is 2. The summed E-state index contributed by atoms with van der Waals surface area (Å²) in [6, 6.07) is 0. The van der Waals surface area contributed by atoms with E-state index in [1.165, 1.54) is 0 Å². The van der Waals surface area contributed by atoms with E-state index in [1.807, 2.05) is 6.20 Å². The van der Waals surface area contributed by atoms with Crippen molar-refractivity contribution in [3.05, 3.63) is 35.9 Å². The summed E-state index contributed by atoms with van der Waals surface area (Å²) < 4.78 is 67.4. The van der Waals surface area contributed by atoms with Crippen molar-refractivity contribution in [2.24, 2.45) is 7.05 Å². The number of rotatable bonds is 3. The molecular formula is C17H20F6N6O5. The minimum absolute atomic E-state index is 0.167. The Hall–Kier alpha value is -3.63. The topological polar surface area (TPSA) is 151 Å². The first-order valence-electron chi connectivity index (χ1n) is 9.24. The van der Waals surface area contributed by atoms with Crippen molar-refractivity contribution in [3.63, 3.8) is 0 Å². The van der Waals surface area contributed by atoms with Gasteiger partial charge in [-0.1, -0.05) is 0 Å². The van der Waals surface area contributed by atoms with Crippen LogP contribution in [0.4, 0.5) is 26.3 Å². The predicted molar refractivity (Wildman–Crippen MR) is 101 cm³/mol. The van der Waals surface area contributed by atoms with Crippen LogP contribution in [0.5, 0.6) is 0 Å². The molecule has 0 atom stereocenters. The Labute approximate surface area is 187 Å². The van der Waals surface area contributed by atoms with Crippen LogP contribution in [0, 0.1) is 0 Å². The molecule has 0 aromatic carbocycles. The number of halogens is 6. The molecule has 0 spiro atoms. The molecule has 34 heavy (non-hydrogen) atoms. The third-order valence-corrected chi connectivity index (χ3v) is 4.00. The number of alkyl halides is 6. The highest BCUT2D eigenvalue weighted by atomic mass is 19.4. The van der Waals surface area contributed by atoms with Gasteiger partial charge in [0, 0.05) is 45.5 Å². The summed E-state index contributed by atoms with van der Waals surface area (Å²) in [5.41, 5.74) is 1.03. The van der Waals surface area contributed by atoms with E-state index >= 15 is 0 Å². The average Bonchev–Trinajstić information content (AvgIpc) is 3.24. The fourth-order valence-corrected chi connectivity index (χ4v) is 2.42. The average molecular weight is 502 g/mol. The fraction of sp³-hybridized carbons (Fsp3) is 0.471. The number of aromatic nitrogens is 4. The van der Waals surface area contributed by atoms with Crippen LogP contribution in [0.3, 0.4) is 0 Å². The minimum Gasteiger partial charge on any atom is -0.475 e. The first-order chi connectivity index (χ1) is 15.6. The number of hydrogen-bond donors (Lipinski definition) is 4. The van der Waals surface area contributed by atoms with Gasteiger partial charge in [-0.15, -0.1) is 0 Å². The largest absolute Gasteiger partial charge is 0.490 e. The van der Waals surface area contributed by atoms with Gasteiger partial charge < -0.3 is 30.0 Å². The Morgan fingerprint density at radius 1 is 1.06 bits per heavy atom. The number of carbonyl (C=O) groups is 3. The van der Waals surface area contributed by atoms with Gasteiger partial charge in [-0.2, -0.15) is 26.3 Å². The third-order valence-electron chi connectivity index (χ3n) is 4.00. The number of carbonyl (C=O) groups excluding carboxylic acids is 1. The van der Waals surface area contributed by atoms with E-state index in [1.54, 1.807) is 24.0 Å². The van der Waals surface area contributed by atoms with Gasteiger partial charge in [-0.3, -0.25) is 4.79 Å². The van der Waals surface area contributed by atoms with E-state index in [-0.39, 0.29) is 5.91 Å². The zero-order valence-corrected chi connectivity index (χ0v) is 17.4. The maximum Gasteiger partial charge on any atom is 0.490 e. The molecule has 17 heteroatoms. The van der Waals surface area contributed by atoms with E-state index in [0.29, 0.717) is 12.4 Å². The Morgan fingerprint density at radius 3 is 2.09 bits per heavy atom. The zero-order valence-electron chi connectivity index (χ0n) is 17.4. The van der Waals surface area contributed by atoms with Gasteiger partial charge in [0.2, 0.25) is 0 Å². The summed E-state index contributed by atoms with van der Waals surface area (Å²) in [4.78, 5) is 38.3. The molecule has 1 aliphatic heterocycles. The van der Waals surface area contributed by atoms with Gasteiger partial charge in [-0.05, 0) is 0 Å². The van der Waals surface area contributed by atoms with Gasteiger partial charge in [0.15, 0.2) is 5.82 Å². The van der Waals surface area contributed by atoms with E-state index in [4.69, 9.17) is 19.8 Å². The second-order valence-corrected chi connectivity index (χ2v) is 6.47. The Balaban J connectivity index is 0.000000343. The molecule has 0 unspecified atom stereocenters. The molecule has 1 aliphatic rings. The van der Waals surface area contributed by atoms with Crippen molar-refractivity contribution in [1.82, 2.24) is 29.7 Å². The van der Waals surface area contributed by atoms with E-state index in [9.17, 15) is 31.1 Å². The number of carboxylic acid groups (broad SMARTS) is 2. The Morgan fingerprint density at radius 2 is 1.62 bits per heavy atom. The van der Waals surface area contributed by atoms with Crippen molar-refractivity contribution < 1.29 is 50.9 Å². The number of nitrogens with zero attached hydrogens (tertiary/aromatic N) is 4. The second-order valence-electron chi connectivity index (χ2n) is 6.47. The normalized spacial score (nSPS) is 13.3. The lowest BCUT2D eigenvalue weighted by molar-refractivity contribution is -0.193.